The number of likely N-dealkylation sites (tertiary alicyclic amines) is 1. The molecule has 0 unspecified atom stereocenters. The summed E-state index contributed by atoms with van der Waals surface area (Å²) in [6.07, 6.45) is 8.07. The lowest BCUT2D eigenvalue weighted by Crippen LogP contribution is -2.32. The highest BCUT2D eigenvalue weighted by Crippen LogP contribution is 2.28. The molecule has 4 heterocycles. The molecule has 1 saturated heterocycles. The Bertz CT molecular complexity index is 938. The standard InChI is InChI=1S/C23H30N6/c1-4-29-18(3)20(14-26-29)16-28-12-9-19(10-13-28)22-8-7-21(15-25-22)27-23-17(2)6-5-11-24-23/h5-8,11,14-15,19H,4,9-10,12-13,16H2,1-3H3,(H,24,27). The smallest absolute Gasteiger partial charge is 0.133 e. The molecule has 6 heteroatoms. The summed E-state index contributed by atoms with van der Waals surface area (Å²) < 4.78 is 2.08. The van der Waals surface area contributed by atoms with Crippen LogP contribution in [0, 0.1) is 13.8 Å². The minimum atomic E-state index is 0.538. The third-order valence-electron chi connectivity index (χ3n) is 5.96. The Morgan fingerprint density at radius 2 is 1.90 bits per heavy atom. The molecule has 1 N–H and O–H groups in total. The van der Waals surface area contributed by atoms with Crippen molar-refractivity contribution in [2.24, 2.45) is 0 Å². The molecule has 6 nitrogen and oxygen atoms in total. The summed E-state index contributed by atoms with van der Waals surface area (Å²) in [7, 11) is 0. The number of piperidine rings is 1. The van der Waals surface area contributed by atoms with Gasteiger partial charge in [-0.1, -0.05) is 6.07 Å². The van der Waals surface area contributed by atoms with Crippen LogP contribution in [0.5, 0.6) is 0 Å². The van der Waals surface area contributed by atoms with Crippen molar-refractivity contribution in [3.05, 3.63) is 65.4 Å². The van der Waals surface area contributed by atoms with E-state index in [-0.39, 0.29) is 0 Å². The van der Waals surface area contributed by atoms with Crippen LogP contribution in [0.3, 0.4) is 0 Å². The van der Waals surface area contributed by atoms with E-state index >= 15 is 0 Å². The molecule has 1 fully saturated rings. The van der Waals surface area contributed by atoms with Crippen LogP contribution in [0.15, 0.2) is 42.9 Å². The van der Waals surface area contributed by atoms with Crippen molar-refractivity contribution < 1.29 is 0 Å². The van der Waals surface area contributed by atoms with E-state index in [0.717, 1.165) is 56.1 Å². The molecule has 29 heavy (non-hydrogen) atoms. The molecule has 0 atom stereocenters. The van der Waals surface area contributed by atoms with Crippen LogP contribution in [0.4, 0.5) is 11.5 Å². The molecule has 152 valence electrons. The Hall–Kier alpha value is -2.73. The van der Waals surface area contributed by atoms with E-state index in [2.05, 4.69) is 64.0 Å². The molecule has 3 aromatic heterocycles. The second-order valence-corrected chi connectivity index (χ2v) is 7.89. The molecule has 0 saturated carbocycles. The van der Waals surface area contributed by atoms with E-state index in [9.17, 15) is 0 Å². The number of rotatable bonds is 6. The van der Waals surface area contributed by atoms with Crippen molar-refractivity contribution in [1.82, 2.24) is 24.6 Å². The molecule has 3 aromatic rings. The van der Waals surface area contributed by atoms with Gasteiger partial charge in [0.15, 0.2) is 0 Å². The van der Waals surface area contributed by atoms with Crippen molar-refractivity contribution >= 4 is 11.5 Å². The quantitative estimate of drug-likeness (QED) is 0.675. The first kappa shape index (κ1) is 19.6. The number of anilines is 2. The van der Waals surface area contributed by atoms with Crippen LogP contribution in [0.25, 0.3) is 0 Å². The lowest BCUT2D eigenvalue weighted by Gasteiger charge is -2.31. The molecule has 0 amide bonds. The van der Waals surface area contributed by atoms with Crippen LogP contribution in [0.2, 0.25) is 0 Å². The molecule has 0 aromatic carbocycles. The van der Waals surface area contributed by atoms with Gasteiger partial charge in [0.2, 0.25) is 0 Å². The van der Waals surface area contributed by atoms with Gasteiger partial charge < -0.3 is 5.32 Å². The number of aryl methyl sites for hydroxylation is 2. The van der Waals surface area contributed by atoms with Crippen LogP contribution in [0.1, 0.15) is 48.2 Å². The molecule has 1 aliphatic rings. The van der Waals surface area contributed by atoms with Crippen LogP contribution >= 0.6 is 0 Å². The first-order valence-corrected chi connectivity index (χ1v) is 10.5. The van der Waals surface area contributed by atoms with Gasteiger partial charge in [-0.05, 0) is 70.5 Å². The normalized spacial score (nSPS) is 15.6. The van der Waals surface area contributed by atoms with Gasteiger partial charge in [-0.2, -0.15) is 5.10 Å². The highest BCUT2D eigenvalue weighted by Gasteiger charge is 2.22. The molecular weight excluding hydrogens is 360 g/mol. The van der Waals surface area contributed by atoms with Crippen molar-refractivity contribution in [1.29, 1.82) is 0 Å². The Morgan fingerprint density at radius 3 is 2.55 bits per heavy atom. The lowest BCUT2D eigenvalue weighted by molar-refractivity contribution is 0.203. The van der Waals surface area contributed by atoms with Crippen LogP contribution < -0.4 is 5.32 Å². The largest absolute Gasteiger partial charge is 0.339 e. The van der Waals surface area contributed by atoms with E-state index < -0.39 is 0 Å². The number of pyridine rings is 2. The van der Waals surface area contributed by atoms with Gasteiger partial charge in [0.1, 0.15) is 5.82 Å². The fraction of sp³-hybridized carbons (Fsp3) is 0.435. The van der Waals surface area contributed by atoms with Gasteiger partial charge >= 0.3 is 0 Å². The maximum absolute atomic E-state index is 4.74. The maximum Gasteiger partial charge on any atom is 0.133 e. The summed E-state index contributed by atoms with van der Waals surface area (Å²) in [5.41, 5.74) is 5.95. The van der Waals surface area contributed by atoms with Crippen LogP contribution in [-0.4, -0.2) is 37.7 Å². The minimum Gasteiger partial charge on any atom is -0.339 e. The average molecular weight is 391 g/mol. The SMILES string of the molecule is CCn1ncc(CN2CCC(c3ccc(Nc4ncccc4C)cn3)CC2)c1C. The topological polar surface area (TPSA) is 58.9 Å². The third-order valence-corrected chi connectivity index (χ3v) is 5.96. The van der Waals surface area contributed by atoms with E-state index in [1.54, 1.807) is 6.20 Å². The van der Waals surface area contributed by atoms with Crippen molar-refractivity contribution in [3.63, 3.8) is 0 Å². The van der Waals surface area contributed by atoms with Gasteiger partial charge in [-0.15, -0.1) is 0 Å². The average Bonchev–Trinajstić information content (AvgIpc) is 3.10. The van der Waals surface area contributed by atoms with E-state index in [4.69, 9.17) is 4.98 Å². The van der Waals surface area contributed by atoms with Gasteiger partial charge in [-0.25, -0.2) is 4.98 Å². The molecule has 0 radical (unpaired) electrons. The van der Waals surface area contributed by atoms with Crippen LogP contribution in [-0.2, 0) is 13.1 Å². The summed E-state index contributed by atoms with van der Waals surface area (Å²) in [5.74, 6) is 1.42. The Labute approximate surface area is 173 Å². The molecule has 4 rings (SSSR count). The number of hydrogen-bond acceptors (Lipinski definition) is 5. The fourth-order valence-electron chi connectivity index (χ4n) is 4.06. The highest BCUT2D eigenvalue weighted by molar-refractivity contribution is 5.57. The Balaban J connectivity index is 1.32. The minimum absolute atomic E-state index is 0.538. The van der Waals surface area contributed by atoms with E-state index in [0.29, 0.717) is 5.92 Å². The monoisotopic (exact) mass is 390 g/mol. The summed E-state index contributed by atoms with van der Waals surface area (Å²) >= 11 is 0. The second-order valence-electron chi connectivity index (χ2n) is 7.89. The Kier molecular flexibility index (Phi) is 5.90. The second kappa shape index (κ2) is 8.74. The molecular formula is C23H30N6. The highest BCUT2D eigenvalue weighted by atomic mass is 15.3. The van der Waals surface area contributed by atoms with Crippen molar-refractivity contribution in [3.8, 4) is 0 Å². The summed E-state index contributed by atoms with van der Waals surface area (Å²) in [6.45, 7) is 10.5. The van der Waals surface area contributed by atoms with E-state index in [1.165, 1.54) is 17.0 Å². The van der Waals surface area contributed by atoms with Gasteiger partial charge in [0.05, 0.1) is 18.1 Å². The zero-order valence-corrected chi connectivity index (χ0v) is 17.6. The van der Waals surface area contributed by atoms with Gasteiger partial charge in [0.25, 0.3) is 0 Å². The maximum atomic E-state index is 4.74. The Morgan fingerprint density at radius 1 is 1.07 bits per heavy atom. The third kappa shape index (κ3) is 4.48. The van der Waals surface area contributed by atoms with E-state index in [1.807, 2.05) is 18.5 Å². The summed E-state index contributed by atoms with van der Waals surface area (Å²) in [6, 6.07) is 8.28. The number of nitrogens with zero attached hydrogens (tertiary/aromatic N) is 5. The van der Waals surface area contributed by atoms with Gasteiger partial charge in [0, 0.05) is 42.2 Å². The number of hydrogen-bond donors (Lipinski definition) is 1. The lowest BCUT2D eigenvalue weighted by atomic mass is 9.93. The predicted molar refractivity (Wildman–Crippen MR) is 116 cm³/mol. The summed E-state index contributed by atoms with van der Waals surface area (Å²) in [4.78, 5) is 11.7. The predicted octanol–water partition coefficient (Wildman–Crippen LogP) is 4.43. The van der Waals surface area contributed by atoms with Crippen molar-refractivity contribution in [2.45, 2.75) is 52.6 Å². The molecule has 1 aliphatic heterocycles. The first-order valence-electron chi connectivity index (χ1n) is 10.5. The zero-order chi connectivity index (χ0) is 20.2. The molecule has 0 aliphatic carbocycles. The van der Waals surface area contributed by atoms with Crippen molar-refractivity contribution in [2.75, 3.05) is 18.4 Å². The fourth-order valence-corrected chi connectivity index (χ4v) is 4.06. The molecule has 0 spiro atoms. The summed E-state index contributed by atoms with van der Waals surface area (Å²) in [5, 5.41) is 7.83. The molecule has 0 bridgehead atoms. The first-order chi connectivity index (χ1) is 14.1. The van der Waals surface area contributed by atoms with Gasteiger partial charge in [-0.3, -0.25) is 14.6 Å². The zero-order valence-electron chi connectivity index (χ0n) is 17.6. The number of aromatic nitrogens is 4. The number of nitrogens with one attached hydrogen (secondary N) is 1.